The van der Waals surface area contributed by atoms with Crippen LogP contribution in [0.3, 0.4) is 0 Å². The Kier molecular flexibility index (Phi) is 5.95. The number of benzene rings is 2. The van der Waals surface area contributed by atoms with Gasteiger partial charge in [0.05, 0.1) is 17.0 Å². The fourth-order valence-corrected chi connectivity index (χ4v) is 4.97. The zero-order valence-corrected chi connectivity index (χ0v) is 18.0. The lowest BCUT2D eigenvalue weighted by Crippen LogP contribution is -2.27. The van der Waals surface area contributed by atoms with Gasteiger partial charge in [-0.15, -0.1) is 0 Å². The Morgan fingerprint density at radius 3 is 2.56 bits per heavy atom. The first-order chi connectivity index (χ1) is 15.3. The van der Waals surface area contributed by atoms with E-state index in [9.17, 15) is 18.0 Å². The Morgan fingerprint density at radius 1 is 1.12 bits per heavy atom. The van der Waals surface area contributed by atoms with Gasteiger partial charge in [0, 0.05) is 18.2 Å². The zero-order valence-electron chi connectivity index (χ0n) is 17.2. The van der Waals surface area contributed by atoms with Crippen LogP contribution in [0, 0.1) is 6.92 Å². The van der Waals surface area contributed by atoms with Gasteiger partial charge in [0.25, 0.3) is 5.91 Å². The van der Waals surface area contributed by atoms with Crippen LogP contribution in [0.15, 0.2) is 65.2 Å². The van der Waals surface area contributed by atoms with Crippen LogP contribution in [0.2, 0.25) is 0 Å². The Bertz CT molecular complexity index is 1240. The first-order valence-electron chi connectivity index (χ1n) is 9.94. The minimum atomic E-state index is -3.39. The molecule has 0 saturated carbocycles. The third-order valence-electron chi connectivity index (χ3n) is 4.91. The molecule has 1 aliphatic rings. The van der Waals surface area contributed by atoms with Crippen LogP contribution < -0.4 is 9.62 Å². The zero-order chi connectivity index (χ0) is 22.7. The predicted octanol–water partition coefficient (Wildman–Crippen LogP) is 3.06. The Balaban J connectivity index is 1.58. The number of nitrogens with one attached hydrogen (secondary N) is 1. The standard InChI is InChI=1S/C22H21N3O6S/c1-15-13-19(24-31-15)23-21(26)20(16-7-3-2-4-8-16)30-22(27)17-9-5-10-18(14-17)25-11-6-12-32(25,28)29/h2-5,7-10,13-14,20H,6,11-12H2,1H3,(H,23,24,26)/t20-/m0/s1. The molecule has 1 aliphatic heterocycles. The smallest absolute Gasteiger partial charge is 0.339 e. The van der Waals surface area contributed by atoms with Gasteiger partial charge < -0.3 is 14.6 Å². The number of nitrogens with zero attached hydrogens (tertiary/aromatic N) is 2. The van der Waals surface area contributed by atoms with Crippen LogP contribution in [0.25, 0.3) is 0 Å². The number of sulfonamides is 1. The van der Waals surface area contributed by atoms with E-state index in [1.54, 1.807) is 55.5 Å². The van der Waals surface area contributed by atoms with Gasteiger partial charge in [-0.25, -0.2) is 13.2 Å². The molecule has 0 unspecified atom stereocenters. The molecule has 0 spiro atoms. The van der Waals surface area contributed by atoms with Crippen molar-refractivity contribution in [1.82, 2.24) is 5.16 Å². The van der Waals surface area contributed by atoms with E-state index in [1.807, 2.05) is 0 Å². The van der Waals surface area contributed by atoms with E-state index in [1.165, 1.54) is 16.4 Å². The van der Waals surface area contributed by atoms with Gasteiger partial charge in [0.1, 0.15) is 5.76 Å². The van der Waals surface area contributed by atoms with E-state index in [-0.39, 0.29) is 17.1 Å². The van der Waals surface area contributed by atoms with Crippen LogP contribution in [-0.4, -0.2) is 37.7 Å². The van der Waals surface area contributed by atoms with Crippen LogP contribution >= 0.6 is 0 Å². The molecule has 1 aromatic heterocycles. The molecule has 1 saturated heterocycles. The van der Waals surface area contributed by atoms with Gasteiger partial charge in [-0.2, -0.15) is 0 Å². The lowest BCUT2D eigenvalue weighted by Gasteiger charge is -2.19. The highest BCUT2D eigenvalue weighted by Crippen LogP contribution is 2.27. The number of aromatic nitrogens is 1. The quantitative estimate of drug-likeness (QED) is 0.568. The van der Waals surface area contributed by atoms with Crippen molar-refractivity contribution in [3.8, 4) is 0 Å². The number of ether oxygens (including phenoxy) is 1. The molecule has 2 heterocycles. The van der Waals surface area contributed by atoms with Gasteiger partial charge >= 0.3 is 5.97 Å². The fourth-order valence-electron chi connectivity index (χ4n) is 3.41. The third kappa shape index (κ3) is 4.65. The van der Waals surface area contributed by atoms with Gasteiger partial charge in [-0.05, 0) is 31.5 Å². The molecule has 0 aliphatic carbocycles. The summed E-state index contributed by atoms with van der Waals surface area (Å²) in [6.45, 7) is 2.04. The van der Waals surface area contributed by atoms with Gasteiger partial charge in [-0.1, -0.05) is 41.6 Å². The van der Waals surface area contributed by atoms with E-state index in [4.69, 9.17) is 9.26 Å². The molecule has 1 fully saturated rings. The van der Waals surface area contributed by atoms with Crippen molar-refractivity contribution in [2.75, 3.05) is 21.9 Å². The second kappa shape index (κ2) is 8.83. The second-order valence-electron chi connectivity index (χ2n) is 7.30. The maximum atomic E-state index is 12.9. The van der Waals surface area contributed by atoms with Crippen molar-refractivity contribution in [2.45, 2.75) is 19.4 Å². The average Bonchev–Trinajstić information content (AvgIpc) is 3.36. The van der Waals surface area contributed by atoms with Gasteiger partial charge in [0.15, 0.2) is 5.82 Å². The summed E-state index contributed by atoms with van der Waals surface area (Å²) in [5.41, 5.74) is 0.989. The summed E-state index contributed by atoms with van der Waals surface area (Å²) in [7, 11) is -3.39. The Hall–Kier alpha value is -3.66. The number of esters is 1. The number of rotatable bonds is 6. The van der Waals surface area contributed by atoms with Crippen molar-refractivity contribution < 1.29 is 27.3 Å². The van der Waals surface area contributed by atoms with E-state index < -0.39 is 28.0 Å². The van der Waals surface area contributed by atoms with E-state index in [2.05, 4.69) is 10.5 Å². The summed E-state index contributed by atoms with van der Waals surface area (Å²) in [6.07, 6.45) is -0.728. The maximum Gasteiger partial charge on any atom is 0.339 e. The first kappa shape index (κ1) is 21.6. The number of anilines is 2. The molecular weight excluding hydrogens is 434 g/mol. The summed E-state index contributed by atoms with van der Waals surface area (Å²) >= 11 is 0. The number of hydrogen-bond donors (Lipinski definition) is 1. The highest BCUT2D eigenvalue weighted by molar-refractivity contribution is 7.93. The monoisotopic (exact) mass is 455 g/mol. The lowest BCUT2D eigenvalue weighted by molar-refractivity contribution is -0.125. The molecule has 1 N–H and O–H groups in total. The SMILES string of the molecule is Cc1cc(NC(=O)[C@@H](OC(=O)c2cccc(N3CCCS3(=O)=O)c2)c2ccccc2)no1. The summed E-state index contributed by atoms with van der Waals surface area (Å²) in [5.74, 6) is -0.577. The molecule has 10 heteroatoms. The second-order valence-corrected chi connectivity index (χ2v) is 9.31. The summed E-state index contributed by atoms with van der Waals surface area (Å²) in [4.78, 5) is 25.8. The molecule has 1 atom stereocenters. The van der Waals surface area contributed by atoms with Crippen LogP contribution in [0.5, 0.6) is 0 Å². The number of amides is 1. The largest absolute Gasteiger partial charge is 0.444 e. The third-order valence-corrected chi connectivity index (χ3v) is 6.78. The van der Waals surface area contributed by atoms with Crippen LogP contribution in [0.1, 0.15) is 34.2 Å². The van der Waals surface area contributed by atoms with Crippen LogP contribution in [0.4, 0.5) is 11.5 Å². The lowest BCUT2D eigenvalue weighted by atomic mass is 10.1. The molecule has 1 amide bonds. The number of carbonyl (C=O) groups is 2. The van der Waals surface area contributed by atoms with E-state index >= 15 is 0 Å². The molecule has 0 radical (unpaired) electrons. The molecule has 2 aromatic carbocycles. The van der Waals surface area contributed by atoms with Crippen molar-refractivity contribution in [3.05, 3.63) is 77.6 Å². The summed E-state index contributed by atoms with van der Waals surface area (Å²) in [6, 6.07) is 16.3. The molecule has 4 rings (SSSR count). The molecule has 3 aromatic rings. The fraction of sp³-hybridized carbons (Fsp3) is 0.227. The van der Waals surface area contributed by atoms with Crippen molar-refractivity contribution in [3.63, 3.8) is 0 Å². The minimum absolute atomic E-state index is 0.0689. The highest BCUT2D eigenvalue weighted by Gasteiger charge is 2.30. The summed E-state index contributed by atoms with van der Waals surface area (Å²) < 4.78 is 36.2. The molecule has 166 valence electrons. The normalized spacial score (nSPS) is 15.8. The van der Waals surface area contributed by atoms with Gasteiger partial charge in [-0.3, -0.25) is 9.10 Å². The molecule has 0 bridgehead atoms. The van der Waals surface area contributed by atoms with E-state index in [0.29, 0.717) is 30.0 Å². The number of aryl methyl sites for hydroxylation is 1. The molecular formula is C22H21N3O6S. The first-order valence-corrected chi connectivity index (χ1v) is 11.5. The van der Waals surface area contributed by atoms with Crippen molar-refractivity contribution in [1.29, 1.82) is 0 Å². The average molecular weight is 455 g/mol. The number of carbonyl (C=O) groups excluding carboxylic acids is 2. The topological polar surface area (TPSA) is 119 Å². The Morgan fingerprint density at radius 2 is 1.91 bits per heavy atom. The van der Waals surface area contributed by atoms with Gasteiger partial charge in [0.2, 0.25) is 16.1 Å². The maximum absolute atomic E-state index is 12.9. The summed E-state index contributed by atoms with van der Waals surface area (Å²) in [5, 5.41) is 6.31. The Labute approximate surface area is 185 Å². The predicted molar refractivity (Wildman–Crippen MR) is 117 cm³/mol. The minimum Gasteiger partial charge on any atom is -0.444 e. The van der Waals surface area contributed by atoms with Crippen molar-refractivity contribution >= 4 is 33.4 Å². The molecule has 9 nitrogen and oxygen atoms in total. The highest BCUT2D eigenvalue weighted by atomic mass is 32.2. The van der Waals surface area contributed by atoms with Crippen molar-refractivity contribution in [2.24, 2.45) is 0 Å². The number of hydrogen-bond acceptors (Lipinski definition) is 7. The molecule has 32 heavy (non-hydrogen) atoms. The van der Waals surface area contributed by atoms with Crippen LogP contribution in [-0.2, 0) is 19.6 Å². The van der Waals surface area contributed by atoms with E-state index in [0.717, 1.165) is 0 Å².